The van der Waals surface area contributed by atoms with Crippen LogP contribution in [0.3, 0.4) is 0 Å². The summed E-state index contributed by atoms with van der Waals surface area (Å²) in [4.78, 5) is 33.8. The molecule has 1 amide bonds. The number of amides is 1. The number of thiazole rings is 1. The van der Waals surface area contributed by atoms with E-state index < -0.39 is 23.5 Å². The van der Waals surface area contributed by atoms with Gasteiger partial charge in [-0.1, -0.05) is 71.8 Å². The standard InChI is InChI=1S/C31H30Cl2N4O5S3/c1-5-7-12-42-22-11-9-18(13-23(22)41-6-2)25-24(26(38)28-16(3)34-17(4)44-28)27(39)29(40)37(25)30-35-36-31(45-30)43-15-19-8-10-20(32)14-21(19)33/h8-11,13-14,25,39H,5-7,12,15H2,1-4H3. The summed E-state index contributed by atoms with van der Waals surface area (Å²) < 4.78 is 12.5. The number of halogens is 2. The molecule has 1 N–H and O–H groups in total. The summed E-state index contributed by atoms with van der Waals surface area (Å²) in [5, 5.41) is 21.9. The molecule has 0 fully saturated rings. The second-order valence-electron chi connectivity index (χ2n) is 10.0. The van der Waals surface area contributed by atoms with Gasteiger partial charge in [0.05, 0.1) is 40.4 Å². The number of aliphatic hydroxyl groups is 1. The number of ketones is 1. The van der Waals surface area contributed by atoms with E-state index in [1.807, 2.05) is 13.0 Å². The number of aryl methyl sites for hydroxylation is 2. The predicted octanol–water partition coefficient (Wildman–Crippen LogP) is 8.57. The van der Waals surface area contributed by atoms with E-state index >= 15 is 0 Å². The van der Waals surface area contributed by atoms with Crippen molar-refractivity contribution in [3.63, 3.8) is 0 Å². The second-order valence-corrected chi connectivity index (χ2v) is 14.3. The van der Waals surface area contributed by atoms with Gasteiger partial charge in [-0.05, 0) is 62.6 Å². The third kappa shape index (κ3) is 7.15. The molecule has 0 saturated carbocycles. The van der Waals surface area contributed by atoms with Gasteiger partial charge in [-0.3, -0.25) is 14.5 Å². The van der Waals surface area contributed by atoms with Crippen LogP contribution in [0, 0.1) is 13.8 Å². The van der Waals surface area contributed by atoms with Crippen LogP contribution in [0.25, 0.3) is 0 Å². The van der Waals surface area contributed by atoms with Gasteiger partial charge in [-0.25, -0.2) is 4.98 Å². The number of carbonyl (C=O) groups excluding carboxylic acids is 2. The number of ether oxygens (including phenoxy) is 2. The van der Waals surface area contributed by atoms with E-state index in [1.54, 1.807) is 44.2 Å². The Hall–Kier alpha value is -3.16. The largest absolute Gasteiger partial charge is 0.503 e. The minimum atomic E-state index is -1.01. The maximum absolute atomic E-state index is 14.0. The fourth-order valence-electron chi connectivity index (χ4n) is 4.76. The Kier molecular flexibility index (Phi) is 10.7. The Morgan fingerprint density at radius 2 is 1.87 bits per heavy atom. The van der Waals surface area contributed by atoms with Gasteiger partial charge in [0.1, 0.15) is 0 Å². The van der Waals surface area contributed by atoms with Crippen molar-refractivity contribution in [1.82, 2.24) is 15.2 Å². The van der Waals surface area contributed by atoms with Crippen molar-refractivity contribution < 1.29 is 24.2 Å². The Labute approximate surface area is 283 Å². The van der Waals surface area contributed by atoms with E-state index in [4.69, 9.17) is 32.7 Å². The molecular formula is C31H30Cl2N4O5S3. The van der Waals surface area contributed by atoms with Crippen molar-refractivity contribution in [2.45, 2.75) is 56.7 Å². The summed E-state index contributed by atoms with van der Waals surface area (Å²) in [5.41, 5.74) is 1.87. The number of aliphatic hydroxyl groups excluding tert-OH is 1. The lowest BCUT2D eigenvalue weighted by molar-refractivity contribution is -0.117. The molecule has 1 atom stereocenters. The van der Waals surface area contributed by atoms with Crippen LogP contribution in [0.15, 0.2) is 52.1 Å². The van der Waals surface area contributed by atoms with Gasteiger partial charge in [0.15, 0.2) is 21.6 Å². The molecule has 0 radical (unpaired) electrons. The number of benzene rings is 2. The average Bonchev–Trinajstić information content (AvgIpc) is 3.68. The van der Waals surface area contributed by atoms with Crippen molar-refractivity contribution in [3.05, 3.63) is 84.5 Å². The number of nitrogens with zero attached hydrogens (tertiary/aromatic N) is 4. The zero-order valence-electron chi connectivity index (χ0n) is 24.9. The molecule has 3 heterocycles. The van der Waals surface area contributed by atoms with Crippen molar-refractivity contribution in [3.8, 4) is 11.5 Å². The molecule has 0 spiro atoms. The third-order valence-electron chi connectivity index (χ3n) is 6.87. The molecule has 1 unspecified atom stereocenters. The number of Topliss-reactive ketones (excluding diaryl/α,β-unsaturated/α-hetero) is 1. The van der Waals surface area contributed by atoms with Crippen LogP contribution < -0.4 is 14.4 Å². The molecule has 5 rings (SSSR count). The summed E-state index contributed by atoms with van der Waals surface area (Å²) in [7, 11) is 0. The van der Waals surface area contributed by atoms with Gasteiger partial charge >= 0.3 is 0 Å². The van der Waals surface area contributed by atoms with Gasteiger partial charge in [0.2, 0.25) is 10.9 Å². The minimum Gasteiger partial charge on any atom is -0.503 e. The SMILES string of the molecule is CCCCOc1ccc(C2C(C(=O)c3sc(C)nc3C)=C(O)C(=O)N2c2nnc(SCc3ccc(Cl)cc3Cl)s2)cc1OCC. The molecule has 2 aromatic carbocycles. The normalized spacial score (nSPS) is 14.8. The lowest BCUT2D eigenvalue weighted by Gasteiger charge is -2.25. The molecule has 9 nitrogen and oxygen atoms in total. The summed E-state index contributed by atoms with van der Waals surface area (Å²) >= 11 is 16.2. The monoisotopic (exact) mass is 704 g/mol. The van der Waals surface area contributed by atoms with E-state index in [9.17, 15) is 14.7 Å². The van der Waals surface area contributed by atoms with Crippen LogP contribution in [-0.4, -0.2) is 45.2 Å². The first-order valence-corrected chi connectivity index (χ1v) is 17.6. The molecule has 2 aromatic heterocycles. The zero-order valence-corrected chi connectivity index (χ0v) is 28.9. The van der Waals surface area contributed by atoms with Crippen molar-refractivity contribution in [1.29, 1.82) is 0 Å². The van der Waals surface area contributed by atoms with Crippen LogP contribution in [0.5, 0.6) is 11.5 Å². The average molecular weight is 706 g/mol. The first-order valence-electron chi connectivity index (χ1n) is 14.2. The lowest BCUT2D eigenvalue weighted by atomic mass is 9.95. The smallest absolute Gasteiger partial charge is 0.296 e. The number of hydrogen-bond donors (Lipinski definition) is 1. The zero-order chi connectivity index (χ0) is 32.2. The molecule has 1 aliphatic heterocycles. The molecule has 0 bridgehead atoms. The summed E-state index contributed by atoms with van der Waals surface area (Å²) in [6.07, 6.45) is 1.85. The van der Waals surface area contributed by atoms with Crippen LogP contribution >= 0.6 is 57.6 Å². The first kappa shape index (κ1) is 33.2. The van der Waals surface area contributed by atoms with Gasteiger partial charge in [0, 0.05) is 15.8 Å². The van der Waals surface area contributed by atoms with Crippen LogP contribution in [-0.2, 0) is 10.5 Å². The highest BCUT2D eigenvalue weighted by atomic mass is 35.5. The molecule has 14 heteroatoms. The number of carbonyl (C=O) groups is 2. The predicted molar refractivity (Wildman–Crippen MR) is 180 cm³/mol. The molecule has 4 aromatic rings. The van der Waals surface area contributed by atoms with Crippen LogP contribution in [0.4, 0.5) is 5.13 Å². The number of anilines is 1. The second kappa shape index (κ2) is 14.5. The van der Waals surface area contributed by atoms with E-state index in [2.05, 4.69) is 22.1 Å². The molecule has 1 aliphatic rings. The highest BCUT2D eigenvalue weighted by Gasteiger charge is 2.47. The quantitative estimate of drug-likeness (QED) is 0.0632. The van der Waals surface area contributed by atoms with Gasteiger partial charge < -0.3 is 14.6 Å². The summed E-state index contributed by atoms with van der Waals surface area (Å²) in [6, 6.07) is 9.54. The first-order chi connectivity index (χ1) is 21.6. The Balaban J connectivity index is 1.54. The molecule has 0 saturated heterocycles. The number of unbranched alkanes of at least 4 members (excludes halogenated alkanes) is 1. The van der Waals surface area contributed by atoms with E-state index in [0.29, 0.717) is 66.0 Å². The van der Waals surface area contributed by atoms with E-state index in [-0.39, 0.29) is 10.7 Å². The fourth-order valence-corrected chi connectivity index (χ4v) is 8.06. The fraction of sp³-hybridized carbons (Fsp3) is 0.323. The van der Waals surface area contributed by atoms with Crippen molar-refractivity contribution in [2.24, 2.45) is 0 Å². The third-order valence-corrected chi connectivity index (χ3v) is 10.6. The molecular weight excluding hydrogens is 675 g/mol. The van der Waals surface area contributed by atoms with Crippen molar-refractivity contribution >= 4 is 74.5 Å². The topological polar surface area (TPSA) is 115 Å². The maximum Gasteiger partial charge on any atom is 0.296 e. The highest BCUT2D eigenvalue weighted by Crippen LogP contribution is 2.46. The number of aromatic nitrogens is 3. The number of hydrogen-bond acceptors (Lipinski definition) is 11. The van der Waals surface area contributed by atoms with E-state index in [1.165, 1.54) is 39.3 Å². The Morgan fingerprint density at radius 3 is 2.56 bits per heavy atom. The Morgan fingerprint density at radius 1 is 1.07 bits per heavy atom. The van der Waals surface area contributed by atoms with Crippen LogP contribution in [0.2, 0.25) is 10.0 Å². The van der Waals surface area contributed by atoms with Gasteiger partial charge in [0.25, 0.3) is 5.91 Å². The highest BCUT2D eigenvalue weighted by molar-refractivity contribution is 8.00. The Bertz CT molecular complexity index is 1770. The van der Waals surface area contributed by atoms with E-state index in [0.717, 1.165) is 18.4 Å². The number of thioether (sulfide) groups is 1. The minimum absolute atomic E-state index is 0.0637. The van der Waals surface area contributed by atoms with Crippen LogP contribution in [0.1, 0.15) is 64.2 Å². The number of rotatable bonds is 13. The lowest BCUT2D eigenvalue weighted by Crippen LogP contribution is -2.31. The van der Waals surface area contributed by atoms with Gasteiger partial charge in [-0.15, -0.1) is 21.5 Å². The summed E-state index contributed by atoms with van der Waals surface area (Å²) in [5.74, 6) is -0.360. The molecule has 236 valence electrons. The van der Waals surface area contributed by atoms with Gasteiger partial charge in [-0.2, -0.15) is 0 Å². The molecule has 45 heavy (non-hydrogen) atoms. The summed E-state index contributed by atoms with van der Waals surface area (Å²) in [6.45, 7) is 8.37. The maximum atomic E-state index is 14.0. The molecule has 0 aliphatic carbocycles. The van der Waals surface area contributed by atoms with Crippen molar-refractivity contribution in [2.75, 3.05) is 18.1 Å².